The van der Waals surface area contributed by atoms with Gasteiger partial charge >= 0.3 is 0 Å². The van der Waals surface area contributed by atoms with Crippen LogP contribution in [0.25, 0.3) is 11.0 Å². The Balaban J connectivity index is 2.04. The molecule has 0 amide bonds. The van der Waals surface area contributed by atoms with Gasteiger partial charge in [-0.15, -0.1) is 0 Å². The molecule has 2 N–H and O–H groups in total. The molecule has 2 heterocycles. The molecule has 1 atom stereocenters. The van der Waals surface area contributed by atoms with Crippen LogP contribution in [0.3, 0.4) is 0 Å². The molecule has 0 bridgehead atoms. The fourth-order valence-corrected chi connectivity index (χ4v) is 4.41. The Morgan fingerprint density at radius 1 is 1.21 bits per heavy atom. The monoisotopic (exact) mass is 320 g/mol. The second-order valence-corrected chi connectivity index (χ2v) is 7.06. The van der Waals surface area contributed by atoms with Gasteiger partial charge in [0.05, 0.1) is 5.39 Å². The van der Waals surface area contributed by atoms with Crippen LogP contribution in [0.2, 0.25) is 0 Å². The summed E-state index contributed by atoms with van der Waals surface area (Å²) in [6, 6.07) is 9.17. The summed E-state index contributed by atoms with van der Waals surface area (Å²) < 4.78 is 2.31. The Bertz CT molecular complexity index is 907. The van der Waals surface area contributed by atoms with Crippen LogP contribution in [0.4, 0.5) is 5.82 Å². The number of fused-ring (bicyclic) bond motifs is 2. The van der Waals surface area contributed by atoms with Crippen LogP contribution in [0.1, 0.15) is 61.0 Å². The van der Waals surface area contributed by atoms with Crippen LogP contribution in [0, 0.1) is 6.92 Å². The Kier molecular flexibility index (Phi) is 3.56. The fraction of sp³-hybridized carbons (Fsp3) is 0.400. The Morgan fingerprint density at radius 2 is 2.00 bits per heavy atom. The topological polar surface area (TPSA) is 56.7 Å². The van der Waals surface area contributed by atoms with E-state index in [4.69, 9.17) is 5.73 Å². The first kappa shape index (κ1) is 15.2. The first-order chi connectivity index (χ1) is 11.6. The van der Waals surface area contributed by atoms with Crippen LogP contribution in [0.5, 0.6) is 0 Å². The van der Waals surface area contributed by atoms with Gasteiger partial charge in [0.2, 0.25) is 0 Å². The first-order valence-corrected chi connectivity index (χ1v) is 8.78. The number of aryl methyl sites for hydroxylation is 1. The lowest BCUT2D eigenvalue weighted by molar-refractivity contribution is 0.583. The van der Waals surface area contributed by atoms with Gasteiger partial charge in [-0.2, -0.15) is 0 Å². The Morgan fingerprint density at radius 3 is 2.79 bits per heavy atom. The lowest BCUT2D eigenvalue weighted by atomic mass is 9.78. The molecular weight excluding hydrogens is 296 g/mol. The van der Waals surface area contributed by atoms with Gasteiger partial charge in [-0.1, -0.05) is 24.3 Å². The molecule has 2 aromatic heterocycles. The average Bonchev–Trinajstić information content (AvgIpc) is 2.88. The van der Waals surface area contributed by atoms with Crippen LogP contribution in [-0.4, -0.2) is 14.5 Å². The molecule has 1 aromatic carbocycles. The van der Waals surface area contributed by atoms with E-state index in [0.717, 1.165) is 17.5 Å². The van der Waals surface area contributed by atoms with Crippen molar-refractivity contribution in [2.75, 3.05) is 5.73 Å². The summed E-state index contributed by atoms with van der Waals surface area (Å²) in [7, 11) is 0. The summed E-state index contributed by atoms with van der Waals surface area (Å²) in [4.78, 5) is 8.85. The number of hydrogen-bond acceptors (Lipinski definition) is 3. The van der Waals surface area contributed by atoms with Crippen molar-refractivity contribution >= 4 is 16.9 Å². The van der Waals surface area contributed by atoms with E-state index in [-0.39, 0.29) is 0 Å². The van der Waals surface area contributed by atoms with Crippen molar-refractivity contribution in [3.05, 3.63) is 53.0 Å². The number of nitrogens with two attached hydrogens (primary N) is 1. The minimum atomic E-state index is 0.342. The summed E-state index contributed by atoms with van der Waals surface area (Å²) in [6.07, 6.45) is 5.11. The fourth-order valence-electron chi connectivity index (χ4n) is 4.41. The number of nitrogen functional groups attached to an aromatic ring is 1. The van der Waals surface area contributed by atoms with Crippen LogP contribution < -0.4 is 5.73 Å². The molecule has 1 aliphatic rings. The van der Waals surface area contributed by atoms with Gasteiger partial charge in [0.1, 0.15) is 17.8 Å². The number of rotatable bonds is 2. The Labute approximate surface area is 142 Å². The van der Waals surface area contributed by atoms with Gasteiger partial charge in [-0.25, -0.2) is 9.97 Å². The number of nitrogens with zero attached hydrogens (tertiary/aromatic N) is 3. The summed E-state index contributed by atoms with van der Waals surface area (Å²) in [5, 5.41) is 1.05. The van der Waals surface area contributed by atoms with E-state index in [2.05, 4.69) is 59.6 Å². The largest absolute Gasteiger partial charge is 0.383 e. The molecule has 4 heteroatoms. The van der Waals surface area contributed by atoms with Gasteiger partial charge in [0.15, 0.2) is 0 Å². The van der Waals surface area contributed by atoms with Gasteiger partial charge in [-0.05, 0) is 56.7 Å². The molecule has 0 saturated carbocycles. The van der Waals surface area contributed by atoms with Gasteiger partial charge in [0, 0.05) is 17.7 Å². The molecule has 124 valence electrons. The third kappa shape index (κ3) is 2.13. The van der Waals surface area contributed by atoms with E-state index in [1.165, 1.54) is 35.2 Å². The van der Waals surface area contributed by atoms with E-state index in [9.17, 15) is 0 Å². The van der Waals surface area contributed by atoms with Crippen molar-refractivity contribution < 1.29 is 0 Å². The maximum atomic E-state index is 6.30. The van der Waals surface area contributed by atoms with Gasteiger partial charge in [0.25, 0.3) is 0 Å². The maximum absolute atomic E-state index is 6.30. The summed E-state index contributed by atoms with van der Waals surface area (Å²) >= 11 is 0. The molecule has 0 saturated heterocycles. The van der Waals surface area contributed by atoms with Crippen molar-refractivity contribution in [3.8, 4) is 0 Å². The highest BCUT2D eigenvalue weighted by Crippen LogP contribution is 2.43. The van der Waals surface area contributed by atoms with E-state index >= 15 is 0 Å². The smallest absolute Gasteiger partial charge is 0.146 e. The molecule has 0 fully saturated rings. The van der Waals surface area contributed by atoms with Gasteiger partial charge in [-0.3, -0.25) is 0 Å². The minimum Gasteiger partial charge on any atom is -0.383 e. The Hall–Kier alpha value is -2.36. The van der Waals surface area contributed by atoms with E-state index in [1.807, 2.05) is 0 Å². The second kappa shape index (κ2) is 5.62. The molecule has 0 radical (unpaired) electrons. The van der Waals surface area contributed by atoms with Crippen LogP contribution in [0.15, 0.2) is 30.6 Å². The van der Waals surface area contributed by atoms with E-state index in [1.54, 1.807) is 6.33 Å². The van der Waals surface area contributed by atoms with Gasteiger partial charge < -0.3 is 10.3 Å². The summed E-state index contributed by atoms with van der Waals surface area (Å²) in [6.45, 7) is 6.60. The van der Waals surface area contributed by atoms with Crippen LogP contribution in [-0.2, 0) is 6.42 Å². The molecule has 0 spiro atoms. The zero-order valence-electron chi connectivity index (χ0n) is 14.6. The normalized spacial score (nSPS) is 17.4. The maximum Gasteiger partial charge on any atom is 0.146 e. The quantitative estimate of drug-likeness (QED) is 0.762. The highest BCUT2D eigenvalue weighted by atomic mass is 15.1. The van der Waals surface area contributed by atoms with E-state index in [0.29, 0.717) is 17.8 Å². The molecule has 24 heavy (non-hydrogen) atoms. The predicted octanol–water partition coefficient (Wildman–Crippen LogP) is 4.37. The third-order valence-corrected chi connectivity index (χ3v) is 5.34. The number of benzene rings is 1. The predicted molar refractivity (Wildman–Crippen MR) is 98.3 cm³/mol. The lowest BCUT2D eigenvalue weighted by Gasteiger charge is -2.26. The first-order valence-electron chi connectivity index (χ1n) is 8.78. The molecule has 4 nitrogen and oxygen atoms in total. The zero-order chi connectivity index (χ0) is 16.8. The summed E-state index contributed by atoms with van der Waals surface area (Å²) in [5.74, 6) is 0.978. The van der Waals surface area contributed by atoms with Crippen LogP contribution >= 0.6 is 0 Å². The molecule has 0 aliphatic heterocycles. The summed E-state index contributed by atoms with van der Waals surface area (Å²) in [5.41, 5.74) is 12.8. The molecular formula is C20H24N4. The van der Waals surface area contributed by atoms with Crippen molar-refractivity contribution in [1.82, 2.24) is 14.5 Å². The molecule has 0 unspecified atom stereocenters. The van der Waals surface area contributed by atoms with Crippen molar-refractivity contribution in [3.63, 3.8) is 0 Å². The average molecular weight is 320 g/mol. The third-order valence-electron chi connectivity index (χ3n) is 5.34. The highest BCUT2D eigenvalue weighted by molar-refractivity contribution is 5.92. The minimum absolute atomic E-state index is 0.342. The number of aromatic nitrogens is 3. The van der Waals surface area contributed by atoms with Crippen molar-refractivity contribution in [2.45, 2.75) is 52.0 Å². The van der Waals surface area contributed by atoms with Crippen molar-refractivity contribution in [1.29, 1.82) is 0 Å². The standard InChI is InChI=1S/C20H24N4/c1-12(2)24-13(3)17(18-19(21)22-11-23-20(18)24)16-10-6-8-14-7-4-5-9-15(14)16/h4-5,7,9,11-12,16H,6,8,10H2,1-3H3,(H2,21,22,23)/t16-/m0/s1. The molecule has 3 aromatic rings. The second-order valence-electron chi connectivity index (χ2n) is 7.06. The lowest BCUT2D eigenvalue weighted by Crippen LogP contribution is -2.12. The number of hydrogen-bond donors (Lipinski definition) is 1. The zero-order valence-corrected chi connectivity index (χ0v) is 14.6. The SMILES string of the molecule is Cc1c([C@H]2CCCc3ccccc32)c2c(N)ncnc2n1C(C)C. The molecule has 1 aliphatic carbocycles. The molecule has 4 rings (SSSR count). The number of anilines is 1. The van der Waals surface area contributed by atoms with E-state index < -0.39 is 0 Å². The highest BCUT2D eigenvalue weighted by Gasteiger charge is 2.29. The van der Waals surface area contributed by atoms with Crippen molar-refractivity contribution in [2.24, 2.45) is 0 Å².